The molecule has 1 aliphatic rings. The highest BCUT2D eigenvalue weighted by Gasteiger charge is 2.33. The Labute approximate surface area is 192 Å². The van der Waals surface area contributed by atoms with Crippen LogP contribution in [0.15, 0.2) is 48.5 Å². The standard InChI is InChI=1S/C25H31F3N2O3/c1-4-32-24(31)18(3)30-13-12-21(14-17(30)2)29-16-19-10-11-22(20-8-6-5-7-9-20)23(15-19)33-25(26,27)28/h5-11,15,17-18,21,29H,4,12-14,16H2,1-3H3. The number of piperidine rings is 1. The third-order valence-electron chi connectivity index (χ3n) is 6.00. The lowest BCUT2D eigenvalue weighted by Gasteiger charge is -2.40. The summed E-state index contributed by atoms with van der Waals surface area (Å²) in [5.74, 6) is -0.425. The summed E-state index contributed by atoms with van der Waals surface area (Å²) < 4.78 is 48.5. The van der Waals surface area contributed by atoms with Crippen molar-refractivity contribution in [1.82, 2.24) is 10.2 Å². The fraction of sp³-hybridized carbons (Fsp3) is 0.480. The third kappa shape index (κ3) is 6.95. The molecule has 2 aromatic rings. The monoisotopic (exact) mass is 464 g/mol. The van der Waals surface area contributed by atoms with Crippen molar-refractivity contribution in [3.63, 3.8) is 0 Å². The molecule has 0 spiro atoms. The van der Waals surface area contributed by atoms with Crippen LogP contribution < -0.4 is 10.1 Å². The van der Waals surface area contributed by atoms with Gasteiger partial charge < -0.3 is 14.8 Å². The highest BCUT2D eigenvalue weighted by molar-refractivity contribution is 5.75. The van der Waals surface area contributed by atoms with Crippen molar-refractivity contribution < 1.29 is 27.4 Å². The van der Waals surface area contributed by atoms with Crippen molar-refractivity contribution in [2.45, 2.75) is 64.6 Å². The molecule has 3 rings (SSSR count). The Hall–Kier alpha value is -2.58. The minimum atomic E-state index is -4.77. The molecule has 0 amide bonds. The van der Waals surface area contributed by atoms with Gasteiger partial charge in [-0.2, -0.15) is 0 Å². The SMILES string of the molecule is CCOC(=O)C(C)N1CCC(NCc2ccc(-c3ccccc3)c(OC(F)(F)F)c2)CC1C. The zero-order valence-electron chi connectivity index (χ0n) is 19.2. The number of nitrogens with zero attached hydrogens (tertiary/aromatic N) is 1. The number of carbonyl (C=O) groups is 1. The molecule has 3 unspecified atom stereocenters. The average Bonchev–Trinajstić information content (AvgIpc) is 2.77. The van der Waals surface area contributed by atoms with Crippen molar-refractivity contribution in [3.05, 3.63) is 54.1 Å². The van der Waals surface area contributed by atoms with Crippen LogP contribution in [0.5, 0.6) is 5.75 Å². The maximum atomic E-state index is 13.0. The number of ether oxygens (including phenoxy) is 2. The van der Waals surface area contributed by atoms with Crippen LogP contribution in [0.1, 0.15) is 39.2 Å². The van der Waals surface area contributed by atoms with Crippen molar-refractivity contribution in [2.75, 3.05) is 13.2 Å². The van der Waals surface area contributed by atoms with Gasteiger partial charge in [0, 0.05) is 30.7 Å². The second kappa shape index (κ2) is 11.0. The van der Waals surface area contributed by atoms with E-state index in [2.05, 4.69) is 21.9 Å². The van der Waals surface area contributed by atoms with Crippen LogP contribution in [0.25, 0.3) is 11.1 Å². The number of hydrogen-bond donors (Lipinski definition) is 1. The van der Waals surface area contributed by atoms with Crippen LogP contribution in [0.3, 0.4) is 0 Å². The first-order valence-corrected chi connectivity index (χ1v) is 11.3. The average molecular weight is 465 g/mol. The third-order valence-corrected chi connectivity index (χ3v) is 6.00. The molecular formula is C25H31F3N2O3. The molecule has 0 aromatic heterocycles. The van der Waals surface area contributed by atoms with Crippen LogP contribution in [-0.4, -0.2) is 48.5 Å². The minimum Gasteiger partial charge on any atom is -0.465 e. The van der Waals surface area contributed by atoms with Gasteiger partial charge in [0.1, 0.15) is 11.8 Å². The molecule has 5 nitrogen and oxygen atoms in total. The summed E-state index contributed by atoms with van der Waals surface area (Å²) in [6, 6.07) is 13.9. The molecule has 0 bridgehead atoms. The number of esters is 1. The molecule has 2 aromatic carbocycles. The first-order chi connectivity index (χ1) is 15.7. The maximum Gasteiger partial charge on any atom is 0.573 e. The Morgan fingerprint density at radius 3 is 2.58 bits per heavy atom. The Balaban J connectivity index is 1.65. The van der Waals surface area contributed by atoms with Gasteiger partial charge in [0.05, 0.1) is 6.61 Å². The fourth-order valence-electron chi connectivity index (χ4n) is 4.35. The summed E-state index contributed by atoms with van der Waals surface area (Å²) in [6.07, 6.45) is -3.10. The molecule has 0 aliphatic carbocycles. The summed E-state index contributed by atoms with van der Waals surface area (Å²) in [5.41, 5.74) is 1.77. The first-order valence-electron chi connectivity index (χ1n) is 11.3. The second-order valence-corrected chi connectivity index (χ2v) is 8.36. The van der Waals surface area contributed by atoms with E-state index in [1.165, 1.54) is 6.07 Å². The van der Waals surface area contributed by atoms with E-state index < -0.39 is 6.36 Å². The second-order valence-electron chi connectivity index (χ2n) is 8.36. The Morgan fingerprint density at radius 1 is 1.21 bits per heavy atom. The van der Waals surface area contributed by atoms with E-state index in [4.69, 9.17) is 4.74 Å². The van der Waals surface area contributed by atoms with E-state index in [1.54, 1.807) is 37.3 Å². The van der Waals surface area contributed by atoms with Crippen LogP contribution in [0.4, 0.5) is 13.2 Å². The largest absolute Gasteiger partial charge is 0.573 e. The van der Waals surface area contributed by atoms with Crippen molar-refractivity contribution in [1.29, 1.82) is 0 Å². The molecule has 3 atom stereocenters. The number of benzene rings is 2. The van der Waals surface area contributed by atoms with Gasteiger partial charge in [-0.25, -0.2) is 0 Å². The molecule has 1 saturated heterocycles. The topological polar surface area (TPSA) is 50.8 Å². The van der Waals surface area contributed by atoms with Gasteiger partial charge >= 0.3 is 12.3 Å². The Morgan fingerprint density at radius 2 is 1.94 bits per heavy atom. The maximum absolute atomic E-state index is 13.0. The number of halogens is 3. The lowest BCUT2D eigenvalue weighted by Crippen LogP contribution is -2.53. The summed E-state index contributed by atoms with van der Waals surface area (Å²) in [4.78, 5) is 14.2. The molecule has 1 fully saturated rings. The highest BCUT2D eigenvalue weighted by Crippen LogP contribution is 2.34. The van der Waals surface area contributed by atoms with Crippen molar-refractivity contribution in [2.24, 2.45) is 0 Å². The zero-order chi connectivity index (χ0) is 24.0. The first kappa shape index (κ1) is 25.1. The predicted molar refractivity (Wildman–Crippen MR) is 121 cm³/mol. The summed E-state index contributed by atoms with van der Waals surface area (Å²) >= 11 is 0. The van der Waals surface area contributed by atoms with E-state index in [9.17, 15) is 18.0 Å². The number of rotatable bonds is 8. The van der Waals surface area contributed by atoms with E-state index in [-0.39, 0.29) is 29.8 Å². The van der Waals surface area contributed by atoms with Gasteiger partial charge in [0.2, 0.25) is 0 Å². The fourth-order valence-corrected chi connectivity index (χ4v) is 4.35. The van der Waals surface area contributed by atoms with Gasteiger partial charge in [-0.3, -0.25) is 9.69 Å². The quantitative estimate of drug-likeness (QED) is 0.548. The summed E-state index contributed by atoms with van der Waals surface area (Å²) in [6.45, 7) is 7.26. The van der Waals surface area contributed by atoms with Gasteiger partial charge in [0.15, 0.2) is 0 Å². The molecular weight excluding hydrogens is 433 g/mol. The highest BCUT2D eigenvalue weighted by atomic mass is 19.4. The molecule has 33 heavy (non-hydrogen) atoms. The number of carbonyl (C=O) groups excluding carboxylic acids is 1. The van der Waals surface area contributed by atoms with Crippen molar-refractivity contribution in [3.8, 4) is 16.9 Å². The lowest BCUT2D eigenvalue weighted by molar-refractivity contribution is -0.274. The Kier molecular flexibility index (Phi) is 8.37. The molecule has 0 radical (unpaired) electrons. The molecule has 180 valence electrons. The number of nitrogens with one attached hydrogen (secondary N) is 1. The van der Waals surface area contributed by atoms with Crippen molar-refractivity contribution >= 4 is 5.97 Å². The van der Waals surface area contributed by atoms with E-state index in [0.29, 0.717) is 29.8 Å². The number of hydrogen-bond acceptors (Lipinski definition) is 5. The van der Waals surface area contributed by atoms with Crippen LogP contribution in [0.2, 0.25) is 0 Å². The van der Waals surface area contributed by atoms with Gasteiger partial charge in [-0.05, 0) is 50.8 Å². The molecule has 1 heterocycles. The lowest BCUT2D eigenvalue weighted by atomic mass is 9.96. The molecule has 0 saturated carbocycles. The minimum absolute atomic E-state index is 0.181. The summed E-state index contributed by atoms with van der Waals surface area (Å²) in [7, 11) is 0. The van der Waals surface area contributed by atoms with Gasteiger partial charge in [-0.1, -0.05) is 42.5 Å². The smallest absolute Gasteiger partial charge is 0.465 e. The van der Waals surface area contributed by atoms with Crippen LogP contribution in [-0.2, 0) is 16.1 Å². The van der Waals surface area contributed by atoms with E-state index in [1.807, 2.05) is 19.1 Å². The molecule has 1 N–H and O–H groups in total. The van der Waals surface area contributed by atoms with Gasteiger partial charge in [0.25, 0.3) is 0 Å². The number of alkyl halides is 3. The zero-order valence-corrected chi connectivity index (χ0v) is 19.2. The normalized spacial score (nSPS) is 20.3. The van der Waals surface area contributed by atoms with Crippen LogP contribution >= 0.6 is 0 Å². The Bertz CT molecular complexity index is 921. The molecule has 8 heteroatoms. The summed E-state index contributed by atoms with van der Waals surface area (Å²) in [5, 5.41) is 3.45. The van der Waals surface area contributed by atoms with Gasteiger partial charge in [-0.15, -0.1) is 13.2 Å². The van der Waals surface area contributed by atoms with E-state index >= 15 is 0 Å². The molecule has 1 aliphatic heterocycles. The predicted octanol–water partition coefficient (Wildman–Crippen LogP) is 5.15. The van der Waals surface area contributed by atoms with E-state index in [0.717, 1.165) is 19.4 Å². The van der Waals surface area contributed by atoms with Crippen LogP contribution in [0, 0.1) is 0 Å². The number of likely N-dealkylation sites (tertiary alicyclic amines) is 1.